The van der Waals surface area contributed by atoms with Crippen LogP contribution < -0.4 is 0 Å². The van der Waals surface area contributed by atoms with Crippen molar-refractivity contribution >= 4 is 11.8 Å². The predicted molar refractivity (Wildman–Crippen MR) is 63.7 cm³/mol. The fraction of sp³-hybridized carbons (Fsp3) is 0.286. The fourth-order valence-corrected chi connectivity index (χ4v) is 2.43. The molecule has 1 fully saturated rings. The van der Waals surface area contributed by atoms with Gasteiger partial charge in [-0.25, -0.2) is 0 Å². The minimum Gasteiger partial charge on any atom is -0.269 e. The first kappa shape index (κ1) is 10.3. The zero-order chi connectivity index (χ0) is 12.0. The number of carbonyl (C=O) groups excluding carboxylic acids is 2. The minimum atomic E-state index is -0.178. The van der Waals surface area contributed by atoms with Crippen LogP contribution in [-0.2, 0) is 0 Å². The third-order valence-electron chi connectivity index (χ3n) is 3.47. The van der Waals surface area contributed by atoms with Gasteiger partial charge in [-0.1, -0.05) is 18.2 Å². The first-order valence-electron chi connectivity index (χ1n) is 5.83. The largest absolute Gasteiger partial charge is 0.269 e. The summed E-state index contributed by atoms with van der Waals surface area (Å²) in [4.78, 5) is 25.8. The number of carbonyl (C=O) groups is 2. The van der Waals surface area contributed by atoms with E-state index in [1.165, 1.54) is 4.90 Å². The number of benzene rings is 1. The van der Waals surface area contributed by atoms with E-state index in [0.717, 1.165) is 12.8 Å². The van der Waals surface area contributed by atoms with E-state index in [4.69, 9.17) is 0 Å². The molecule has 3 rings (SSSR count). The second-order valence-corrected chi connectivity index (χ2v) is 4.59. The Bertz CT molecular complexity index is 482. The molecule has 1 aromatic carbocycles. The Kier molecular flexibility index (Phi) is 2.15. The number of fused-ring (bicyclic) bond motifs is 1. The van der Waals surface area contributed by atoms with Gasteiger partial charge in [0.2, 0.25) is 0 Å². The molecule has 0 saturated heterocycles. The molecular formula is C14H13NO2. The molecule has 1 heterocycles. The molecule has 1 aliphatic carbocycles. The summed E-state index contributed by atoms with van der Waals surface area (Å²) in [5.41, 5.74) is 1.04. The zero-order valence-corrected chi connectivity index (χ0v) is 9.43. The number of hydrogen-bond donors (Lipinski definition) is 0. The average molecular weight is 227 g/mol. The molecule has 1 saturated carbocycles. The van der Waals surface area contributed by atoms with Crippen molar-refractivity contribution in [2.24, 2.45) is 5.92 Å². The van der Waals surface area contributed by atoms with E-state index in [1.54, 1.807) is 30.3 Å². The van der Waals surface area contributed by atoms with Crippen molar-refractivity contribution in [2.75, 3.05) is 0 Å². The third-order valence-corrected chi connectivity index (χ3v) is 3.47. The Morgan fingerprint density at radius 2 is 1.71 bits per heavy atom. The van der Waals surface area contributed by atoms with Gasteiger partial charge in [0.1, 0.15) is 0 Å². The van der Waals surface area contributed by atoms with Crippen molar-refractivity contribution in [1.29, 1.82) is 0 Å². The molecule has 1 aromatic rings. The molecule has 0 unspecified atom stereocenters. The lowest BCUT2D eigenvalue weighted by molar-refractivity contribution is 0.0600. The minimum absolute atomic E-state index is 0.137. The van der Waals surface area contributed by atoms with Crippen LogP contribution in [0.1, 0.15) is 33.6 Å². The van der Waals surface area contributed by atoms with Gasteiger partial charge >= 0.3 is 0 Å². The van der Waals surface area contributed by atoms with Crippen molar-refractivity contribution in [2.45, 2.75) is 18.9 Å². The summed E-state index contributed by atoms with van der Waals surface area (Å²) < 4.78 is 0. The van der Waals surface area contributed by atoms with Crippen LogP contribution in [0.4, 0.5) is 0 Å². The maximum atomic E-state index is 12.2. The van der Waals surface area contributed by atoms with E-state index in [1.807, 2.05) is 0 Å². The molecule has 0 spiro atoms. The van der Waals surface area contributed by atoms with Crippen LogP contribution >= 0.6 is 0 Å². The van der Waals surface area contributed by atoms with Gasteiger partial charge in [-0.15, -0.1) is 6.58 Å². The molecule has 86 valence electrons. The highest BCUT2D eigenvalue weighted by Crippen LogP contribution is 2.38. The van der Waals surface area contributed by atoms with Crippen LogP contribution in [0.5, 0.6) is 0 Å². The van der Waals surface area contributed by atoms with Crippen LogP contribution in [0, 0.1) is 5.92 Å². The zero-order valence-electron chi connectivity index (χ0n) is 9.43. The topological polar surface area (TPSA) is 37.4 Å². The summed E-state index contributed by atoms with van der Waals surface area (Å²) >= 11 is 0. The molecular weight excluding hydrogens is 214 g/mol. The van der Waals surface area contributed by atoms with Crippen LogP contribution in [0.15, 0.2) is 36.9 Å². The number of imide groups is 1. The van der Waals surface area contributed by atoms with E-state index in [2.05, 4.69) is 6.58 Å². The maximum Gasteiger partial charge on any atom is 0.262 e. The van der Waals surface area contributed by atoms with Crippen LogP contribution in [0.25, 0.3) is 0 Å². The number of rotatable bonds is 3. The highest BCUT2D eigenvalue weighted by molar-refractivity contribution is 6.21. The number of amides is 2. The molecule has 2 amide bonds. The van der Waals surface area contributed by atoms with Crippen LogP contribution in [0.2, 0.25) is 0 Å². The molecule has 3 nitrogen and oxygen atoms in total. The summed E-state index contributed by atoms with van der Waals surface area (Å²) in [6, 6.07) is 6.86. The van der Waals surface area contributed by atoms with Crippen LogP contribution in [0.3, 0.4) is 0 Å². The molecule has 0 aromatic heterocycles. The van der Waals surface area contributed by atoms with E-state index < -0.39 is 0 Å². The Morgan fingerprint density at radius 3 is 2.12 bits per heavy atom. The quantitative estimate of drug-likeness (QED) is 0.586. The first-order valence-corrected chi connectivity index (χ1v) is 5.83. The second-order valence-electron chi connectivity index (χ2n) is 4.59. The first-order chi connectivity index (χ1) is 8.24. The lowest BCUT2D eigenvalue weighted by Gasteiger charge is -2.22. The van der Waals surface area contributed by atoms with Gasteiger partial charge in [0, 0.05) is 0 Å². The Hall–Kier alpha value is -1.90. The molecule has 0 N–H and O–H groups in total. The summed E-state index contributed by atoms with van der Waals surface area (Å²) in [5.74, 6) is 0.0551. The lowest BCUT2D eigenvalue weighted by atomic mass is 10.1. The molecule has 0 bridgehead atoms. The van der Waals surface area contributed by atoms with Crippen molar-refractivity contribution in [3.63, 3.8) is 0 Å². The summed E-state index contributed by atoms with van der Waals surface area (Å²) in [6.07, 6.45) is 3.87. The normalized spacial score (nSPS) is 20.4. The summed E-state index contributed by atoms with van der Waals surface area (Å²) in [5, 5.41) is 0. The van der Waals surface area contributed by atoms with E-state index in [0.29, 0.717) is 17.0 Å². The number of hydrogen-bond acceptors (Lipinski definition) is 2. The molecule has 3 heteroatoms. The van der Waals surface area contributed by atoms with Gasteiger partial charge in [0.25, 0.3) is 11.8 Å². The molecule has 1 atom stereocenters. The predicted octanol–water partition coefficient (Wildman–Crippen LogP) is 2.25. The van der Waals surface area contributed by atoms with E-state index in [-0.39, 0.29) is 17.9 Å². The van der Waals surface area contributed by atoms with E-state index >= 15 is 0 Å². The molecule has 2 aliphatic rings. The smallest absolute Gasteiger partial charge is 0.262 e. The highest BCUT2D eigenvalue weighted by atomic mass is 16.2. The molecule has 1 aliphatic heterocycles. The van der Waals surface area contributed by atoms with Gasteiger partial charge in [0.15, 0.2) is 0 Å². The lowest BCUT2D eigenvalue weighted by Crippen LogP contribution is -2.39. The van der Waals surface area contributed by atoms with Crippen molar-refractivity contribution in [3.8, 4) is 0 Å². The van der Waals surface area contributed by atoms with E-state index in [9.17, 15) is 9.59 Å². The number of nitrogens with zero attached hydrogens (tertiary/aromatic N) is 1. The Balaban J connectivity index is 2.02. The monoisotopic (exact) mass is 227 g/mol. The second kappa shape index (κ2) is 3.55. The summed E-state index contributed by atoms with van der Waals surface area (Å²) in [6.45, 7) is 3.75. The van der Waals surface area contributed by atoms with Gasteiger partial charge in [-0.3, -0.25) is 14.5 Å². The van der Waals surface area contributed by atoms with Gasteiger partial charge in [-0.2, -0.15) is 0 Å². The van der Waals surface area contributed by atoms with Crippen molar-refractivity contribution in [1.82, 2.24) is 4.90 Å². The van der Waals surface area contributed by atoms with Gasteiger partial charge in [-0.05, 0) is 30.9 Å². The fourth-order valence-electron chi connectivity index (χ4n) is 2.43. The van der Waals surface area contributed by atoms with Gasteiger partial charge < -0.3 is 0 Å². The third kappa shape index (κ3) is 1.42. The average Bonchev–Trinajstić information content (AvgIpc) is 3.15. The van der Waals surface area contributed by atoms with Gasteiger partial charge in [0.05, 0.1) is 17.2 Å². The van der Waals surface area contributed by atoms with Crippen LogP contribution in [-0.4, -0.2) is 22.8 Å². The van der Waals surface area contributed by atoms with Crippen molar-refractivity contribution < 1.29 is 9.59 Å². The Morgan fingerprint density at radius 1 is 1.18 bits per heavy atom. The standard InChI is InChI=1S/C14H13NO2/c1-2-12(9-7-8-9)15-13(16)10-5-3-4-6-11(10)14(15)17/h2-6,9,12H,1,7-8H2/t12-/m0/s1. The SMILES string of the molecule is C=C[C@@H](C1CC1)N1C(=O)c2ccccc2C1=O. The summed E-state index contributed by atoms with van der Waals surface area (Å²) in [7, 11) is 0. The maximum absolute atomic E-state index is 12.2. The Labute approximate surface area is 99.7 Å². The van der Waals surface area contributed by atoms with Crippen molar-refractivity contribution in [3.05, 3.63) is 48.0 Å². The highest BCUT2D eigenvalue weighted by Gasteiger charge is 2.44. The molecule has 17 heavy (non-hydrogen) atoms. The molecule has 0 radical (unpaired) electrons.